The van der Waals surface area contributed by atoms with Crippen molar-refractivity contribution in [1.82, 2.24) is 0 Å². The Hall–Kier alpha value is -1.71. The third-order valence-corrected chi connectivity index (χ3v) is 2.05. The molecule has 1 aromatic carbocycles. The minimum atomic E-state index is -1.04. The first-order chi connectivity index (χ1) is 7.69. The Kier molecular flexibility index (Phi) is 4.64. The molecule has 1 aromatic rings. The van der Waals surface area contributed by atoms with Crippen molar-refractivity contribution in [1.29, 1.82) is 0 Å². The highest BCUT2D eigenvalue weighted by Crippen LogP contribution is 2.16. The molecule has 0 amide bonds. The van der Waals surface area contributed by atoms with Crippen molar-refractivity contribution in [3.63, 3.8) is 0 Å². The molecule has 0 aromatic heterocycles. The summed E-state index contributed by atoms with van der Waals surface area (Å²) < 4.78 is 17.8. The maximum atomic E-state index is 12.9. The molecule has 0 aliphatic rings. The number of esters is 1. The number of halogens is 1. The van der Waals surface area contributed by atoms with Gasteiger partial charge in [0.05, 0.1) is 6.61 Å². The number of carbonyl (C=O) groups is 2. The van der Waals surface area contributed by atoms with Crippen LogP contribution in [0.15, 0.2) is 24.3 Å². The van der Waals surface area contributed by atoms with Gasteiger partial charge >= 0.3 is 5.97 Å². The van der Waals surface area contributed by atoms with Crippen LogP contribution in [0, 0.1) is 5.82 Å². The van der Waals surface area contributed by atoms with Crippen molar-refractivity contribution >= 4 is 12.3 Å². The molecule has 0 saturated carbocycles. The minimum Gasteiger partial charge on any atom is -0.465 e. The second-order valence-electron chi connectivity index (χ2n) is 3.34. The molecule has 0 N–H and O–H groups in total. The largest absolute Gasteiger partial charge is 0.465 e. The van der Waals surface area contributed by atoms with E-state index in [2.05, 4.69) is 0 Å². The molecule has 0 fully saturated rings. The van der Waals surface area contributed by atoms with Crippen LogP contribution in [-0.4, -0.2) is 18.9 Å². The van der Waals surface area contributed by atoms with Gasteiger partial charge in [-0.1, -0.05) is 19.1 Å². The van der Waals surface area contributed by atoms with E-state index >= 15 is 0 Å². The van der Waals surface area contributed by atoms with Gasteiger partial charge in [0, 0.05) is 0 Å². The van der Waals surface area contributed by atoms with Crippen LogP contribution in [0.5, 0.6) is 0 Å². The topological polar surface area (TPSA) is 43.4 Å². The summed E-state index contributed by atoms with van der Waals surface area (Å²) in [5.41, 5.74) is 0.316. The molecule has 0 aliphatic heterocycles. The van der Waals surface area contributed by atoms with Crippen LogP contribution in [0.25, 0.3) is 0 Å². The SMILES string of the molecule is CCCOC(=O)C(C=O)c1cccc(F)c1. The lowest BCUT2D eigenvalue weighted by atomic mass is 10.0. The fourth-order valence-corrected chi connectivity index (χ4v) is 1.26. The minimum absolute atomic E-state index is 0.262. The molecule has 4 heteroatoms. The van der Waals surface area contributed by atoms with Crippen molar-refractivity contribution in [2.45, 2.75) is 19.3 Å². The molecule has 1 atom stereocenters. The Bertz CT molecular complexity index is 376. The molecular formula is C12H13FO3. The Morgan fingerprint density at radius 2 is 2.31 bits per heavy atom. The molecule has 0 bridgehead atoms. The van der Waals surface area contributed by atoms with Crippen LogP contribution in [0.3, 0.4) is 0 Å². The molecule has 16 heavy (non-hydrogen) atoms. The maximum absolute atomic E-state index is 12.9. The van der Waals surface area contributed by atoms with Gasteiger partial charge in [-0.15, -0.1) is 0 Å². The molecule has 0 radical (unpaired) electrons. The smallest absolute Gasteiger partial charge is 0.320 e. The van der Waals surface area contributed by atoms with Gasteiger partial charge in [0.15, 0.2) is 0 Å². The van der Waals surface area contributed by atoms with Gasteiger partial charge in [-0.3, -0.25) is 4.79 Å². The first kappa shape index (κ1) is 12.4. The van der Waals surface area contributed by atoms with Crippen molar-refractivity contribution in [3.8, 4) is 0 Å². The van der Waals surface area contributed by atoms with Gasteiger partial charge in [-0.25, -0.2) is 4.39 Å². The Morgan fingerprint density at radius 1 is 1.56 bits per heavy atom. The quantitative estimate of drug-likeness (QED) is 0.437. The highest BCUT2D eigenvalue weighted by Gasteiger charge is 2.21. The van der Waals surface area contributed by atoms with Crippen LogP contribution in [0.2, 0.25) is 0 Å². The number of hydrogen-bond acceptors (Lipinski definition) is 3. The Balaban J connectivity index is 2.81. The van der Waals surface area contributed by atoms with Gasteiger partial charge in [0.2, 0.25) is 0 Å². The molecule has 0 aliphatic carbocycles. The summed E-state index contributed by atoms with van der Waals surface area (Å²) in [7, 11) is 0. The van der Waals surface area contributed by atoms with E-state index in [4.69, 9.17) is 4.74 Å². The molecule has 86 valence electrons. The third kappa shape index (κ3) is 3.15. The lowest BCUT2D eigenvalue weighted by Gasteiger charge is -2.10. The number of benzene rings is 1. The van der Waals surface area contributed by atoms with E-state index in [1.807, 2.05) is 6.92 Å². The standard InChI is InChI=1S/C12H13FO3/c1-2-6-16-12(15)11(8-14)9-4-3-5-10(13)7-9/h3-5,7-8,11H,2,6H2,1H3. The van der Waals surface area contributed by atoms with Gasteiger partial charge in [-0.2, -0.15) is 0 Å². The number of aldehydes is 1. The number of ether oxygens (including phenoxy) is 1. The predicted molar refractivity (Wildman–Crippen MR) is 56.5 cm³/mol. The van der Waals surface area contributed by atoms with Crippen LogP contribution < -0.4 is 0 Å². The second kappa shape index (κ2) is 6.00. The van der Waals surface area contributed by atoms with Crippen molar-refractivity contribution in [2.24, 2.45) is 0 Å². The molecule has 0 heterocycles. The van der Waals surface area contributed by atoms with Gasteiger partial charge in [0.25, 0.3) is 0 Å². The van der Waals surface area contributed by atoms with E-state index in [0.29, 0.717) is 18.3 Å². The average Bonchev–Trinajstić information content (AvgIpc) is 2.27. The first-order valence-electron chi connectivity index (χ1n) is 5.06. The molecule has 0 saturated heterocycles. The number of hydrogen-bond donors (Lipinski definition) is 0. The molecule has 1 rings (SSSR count). The molecule has 3 nitrogen and oxygen atoms in total. The zero-order valence-electron chi connectivity index (χ0n) is 8.98. The number of rotatable bonds is 5. The zero-order valence-corrected chi connectivity index (χ0v) is 8.98. The zero-order chi connectivity index (χ0) is 12.0. The van der Waals surface area contributed by atoms with E-state index in [1.165, 1.54) is 18.2 Å². The lowest BCUT2D eigenvalue weighted by molar-refractivity contribution is -0.146. The van der Waals surface area contributed by atoms with Gasteiger partial charge < -0.3 is 9.53 Å². The summed E-state index contributed by atoms with van der Waals surface area (Å²) >= 11 is 0. The average molecular weight is 224 g/mol. The van der Waals surface area contributed by atoms with Crippen LogP contribution in [-0.2, 0) is 14.3 Å². The predicted octanol–water partition coefficient (Wildman–Crippen LogP) is 2.06. The van der Waals surface area contributed by atoms with E-state index in [0.717, 1.165) is 6.07 Å². The molecule has 1 unspecified atom stereocenters. The van der Waals surface area contributed by atoms with Crippen LogP contribution in [0.4, 0.5) is 4.39 Å². The van der Waals surface area contributed by atoms with Crippen molar-refractivity contribution in [2.75, 3.05) is 6.61 Å². The normalized spacial score (nSPS) is 11.9. The van der Waals surface area contributed by atoms with E-state index in [9.17, 15) is 14.0 Å². The molecule has 0 spiro atoms. The monoisotopic (exact) mass is 224 g/mol. The van der Waals surface area contributed by atoms with E-state index in [1.54, 1.807) is 0 Å². The fourth-order valence-electron chi connectivity index (χ4n) is 1.26. The Labute approximate surface area is 93.2 Å². The third-order valence-electron chi connectivity index (χ3n) is 2.05. The van der Waals surface area contributed by atoms with Crippen molar-refractivity contribution < 1.29 is 18.7 Å². The second-order valence-corrected chi connectivity index (χ2v) is 3.34. The highest BCUT2D eigenvalue weighted by molar-refractivity contribution is 5.94. The maximum Gasteiger partial charge on any atom is 0.320 e. The van der Waals surface area contributed by atoms with Crippen molar-refractivity contribution in [3.05, 3.63) is 35.6 Å². The lowest BCUT2D eigenvalue weighted by Crippen LogP contribution is -2.17. The van der Waals surface area contributed by atoms with Crippen LogP contribution in [0.1, 0.15) is 24.8 Å². The van der Waals surface area contributed by atoms with E-state index < -0.39 is 17.7 Å². The van der Waals surface area contributed by atoms with Gasteiger partial charge in [0.1, 0.15) is 18.0 Å². The summed E-state index contributed by atoms with van der Waals surface area (Å²) in [6.07, 6.45) is 1.15. The summed E-state index contributed by atoms with van der Waals surface area (Å²) in [6.45, 7) is 2.11. The fraction of sp³-hybridized carbons (Fsp3) is 0.333. The summed E-state index contributed by atoms with van der Waals surface area (Å²) in [5, 5.41) is 0. The first-order valence-corrected chi connectivity index (χ1v) is 5.06. The Morgan fingerprint density at radius 3 is 2.88 bits per heavy atom. The van der Waals surface area contributed by atoms with Gasteiger partial charge in [-0.05, 0) is 24.1 Å². The van der Waals surface area contributed by atoms with Crippen LogP contribution >= 0.6 is 0 Å². The summed E-state index contributed by atoms with van der Waals surface area (Å²) in [5.74, 6) is -2.16. The highest BCUT2D eigenvalue weighted by atomic mass is 19.1. The summed E-state index contributed by atoms with van der Waals surface area (Å²) in [6, 6.07) is 5.39. The van der Waals surface area contributed by atoms with E-state index in [-0.39, 0.29) is 6.61 Å². The summed E-state index contributed by atoms with van der Waals surface area (Å²) in [4.78, 5) is 22.3. The number of carbonyl (C=O) groups excluding carboxylic acids is 2. The molecular weight excluding hydrogens is 211 g/mol.